The molecule has 3 heteroatoms. The van der Waals surface area contributed by atoms with Crippen molar-refractivity contribution < 1.29 is 0 Å². The van der Waals surface area contributed by atoms with Crippen LogP contribution in [-0.4, -0.2) is 9.97 Å². The fourth-order valence-electron chi connectivity index (χ4n) is 3.72. The predicted molar refractivity (Wildman–Crippen MR) is 64.3 cm³/mol. The molecule has 2 aliphatic rings. The first-order valence-electron chi connectivity index (χ1n) is 6.24. The molecule has 3 N–H and O–H groups in total. The summed E-state index contributed by atoms with van der Waals surface area (Å²) < 4.78 is 0. The standard InChI is InChI=1S/C13H21N3/c1-7(14)11-15-9-8-5-6-13(4,10(9)16-11)12(8,2)3/h7-8H,5-6,14H2,1-4H3,(H,15,16)/t7-,8?,13?/m0/s1. The van der Waals surface area contributed by atoms with Crippen molar-refractivity contribution in [2.24, 2.45) is 11.1 Å². The summed E-state index contributed by atoms with van der Waals surface area (Å²) in [6, 6.07) is 0.0108. The van der Waals surface area contributed by atoms with Gasteiger partial charge in [0.1, 0.15) is 5.82 Å². The van der Waals surface area contributed by atoms with Gasteiger partial charge in [-0.2, -0.15) is 0 Å². The van der Waals surface area contributed by atoms with Crippen LogP contribution in [0.25, 0.3) is 0 Å². The lowest BCUT2D eigenvalue weighted by Crippen LogP contribution is -2.32. The smallest absolute Gasteiger partial charge is 0.123 e. The van der Waals surface area contributed by atoms with Gasteiger partial charge >= 0.3 is 0 Å². The molecule has 2 aliphatic carbocycles. The molecule has 0 spiro atoms. The van der Waals surface area contributed by atoms with Gasteiger partial charge in [-0.25, -0.2) is 4.98 Å². The molecule has 1 saturated carbocycles. The SMILES string of the molecule is C[C@H](N)c1nc2c([nH]1)C1CCC2(C)C1(C)C. The van der Waals surface area contributed by atoms with Crippen LogP contribution in [0.5, 0.6) is 0 Å². The summed E-state index contributed by atoms with van der Waals surface area (Å²) in [6.07, 6.45) is 2.55. The predicted octanol–water partition coefficient (Wildman–Crippen LogP) is 2.60. The summed E-state index contributed by atoms with van der Waals surface area (Å²) in [5.74, 6) is 1.60. The Hall–Kier alpha value is -0.830. The third-order valence-electron chi connectivity index (χ3n) is 5.28. The number of imidazole rings is 1. The summed E-state index contributed by atoms with van der Waals surface area (Å²) >= 11 is 0. The van der Waals surface area contributed by atoms with Crippen molar-refractivity contribution in [1.82, 2.24) is 9.97 Å². The van der Waals surface area contributed by atoms with Crippen LogP contribution in [0.3, 0.4) is 0 Å². The van der Waals surface area contributed by atoms with E-state index in [1.54, 1.807) is 0 Å². The first kappa shape index (κ1) is 10.3. The van der Waals surface area contributed by atoms with Crippen LogP contribution in [0.4, 0.5) is 0 Å². The van der Waals surface area contributed by atoms with E-state index in [2.05, 4.69) is 25.8 Å². The number of fused-ring (bicyclic) bond motifs is 5. The first-order valence-corrected chi connectivity index (χ1v) is 6.24. The van der Waals surface area contributed by atoms with Crippen LogP contribution in [0, 0.1) is 5.41 Å². The highest BCUT2D eigenvalue weighted by molar-refractivity contribution is 5.42. The second kappa shape index (κ2) is 2.70. The van der Waals surface area contributed by atoms with E-state index in [0.29, 0.717) is 11.3 Å². The number of hydrogen-bond donors (Lipinski definition) is 2. The van der Waals surface area contributed by atoms with Crippen molar-refractivity contribution in [1.29, 1.82) is 0 Å². The average molecular weight is 219 g/mol. The van der Waals surface area contributed by atoms with Crippen LogP contribution >= 0.6 is 0 Å². The van der Waals surface area contributed by atoms with E-state index in [4.69, 9.17) is 10.7 Å². The Morgan fingerprint density at radius 1 is 1.44 bits per heavy atom. The quantitative estimate of drug-likeness (QED) is 0.762. The number of aromatic nitrogens is 2. The van der Waals surface area contributed by atoms with Gasteiger partial charge in [0.15, 0.2) is 0 Å². The number of H-pyrrole nitrogens is 1. The van der Waals surface area contributed by atoms with Crippen molar-refractivity contribution in [3.05, 3.63) is 17.2 Å². The number of nitrogens with one attached hydrogen (secondary N) is 1. The second-order valence-electron chi connectivity index (χ2n) is 6.32. The average Bonchev–Trinajstić information content (AvgIpc) is 2.74. The molecule has 88 valence electrons. The Balaban J connectivity index is 2.17. The summed E-state index contributed by atoms with van der Waals surface area (Å²) in [6.45, 7) is 9.12. The lowest BCUT2D eigenvalue weighted by molar-refractivity contribution is 0.225. The molecule has 1 aromatic rings. The number of hydrogen-bond acceptors (Lipinski definition) is 2. The lowest BCUT2D eigenvalue weighted by atomic mass is 9.70. The van der Waals surface area contributed by atoms with Gasteiger partial charge in [-0.05, 0) is 25.2 Å². The highest BCUT2D eigenvalue weighted by Crippen LogP contribution is 2.66. The van der Waals surface area contributed by atoms with E-state index in [1.807, 2.05) is 6.92 Å². The van der Waals surface area contributed by atoms with Crippen LogP contribution < -0.4 is 5.73 Å². The van der Waals surface area contributed by atoms with E-state index in [-0.39, 0.29) is 11.5 Å². The van der Waals surface area contributed by atoms with E-state index in [1.165, 1.54) is 24.2 Å². The molecule has 0 aromatic carbocycles. The third kappa shape index (κ3) is 0.915. The fraction of sp³-hybridized carbons (Fsp3) is 0.769. The summed E-state index contributed by atoms with van der Waals surface area (Å²) in [4.78, 5) is 8.23. The zero-order chi connectivity index (χ0) is 11.7. The number of nitrogens with zero attached hydrogens (tertiary/aromatic N) is 1. The number of rotatable bonds is 1. The first-order chi connectivity index (χ1) is 7.38. The van der Waals surface area contributed by atoms with Crippen LogP contribution in [0.2, 0.25) is 0 Å². The molecule has 0 radical (unpaired) electrons. The minimum atomic E-state index is 0.0108. The summed E-state index contributed by atoms with van der Waals surface area (Å²) in [5, 5.41) is 0. The Bertz CT molecular complexity index is 444. The fourth-order valence-corrected chi connectivity index (χ4v) is 3.72. The van der Waals surface area contributed by atoms with Gasteiger partial charge in [0.25, 0.3) is 0 Å². The molecule has 2 bridgehead atoms. The van der Waals surface area contributed by atoms with E-state index in [9.17, 15) is 0 Å². The second-order valence-corrected chi connectivity index (χ2v) is 6.32. The molecule has 1 aromatic heterocycles. The van der Waals surface area contributed by atoms with Gasteiger partial charge in [0, 0.05) is 17.0 Å². The maximum atomic E-state index is 5.90. The molecule has 3 atom stereocenters. The van der Waals surface area contributed by atoms with E-state index in [0.717, 1.165) is 5.82 Å². The highest BCUT2D eigenvalue weighted by Gasteiger charge is 2.61. The molecule has 1 fully saturated rings. The molecule has 16 heavy (non-hydrogen) atoms. The Labute approximate surface area is 96.8 Å². The molecule has 3 rings (SSSR count). The van der Waals surface area contributed by atoms with E-state index < -0.39 is 0 Å². The molecule has 1 heterocycles. The van der Waals surface area contributed by atoms with Crippen LogP contribution in [0.1, 0.15) is 69.7 Å². The molecule has 0 amide bonds. The van der Waals surface area contributed by atoms with Gasteiger partial charge < -0.3 is 10.7 Å². The molecular formula is C13H21N3. The zero-order valence-corrected chi connectivity index (χ0v) is 10.6. The van der Waals surface area contributed by atoms with Gasteiger partial charge in [0.05, 0.1) is 11.7 Å². The Morgan fingerprint density at radius 2 is 2.12 bits per heavy atom. The molecular weight excluding hydrogens is 198 g/mol. The lowest BCUT2D eigenvalue weighted by Gasteiger charge is -2.34. The largest absolute Gasteiger partial charge is 0.344 e. The van der Waals surface area contributed by atoms with Gasteiger partial charge in [-0.15, -0.1) is 0 Å². The Kier molecular flexibility index (Phi) is 1.74. The highest BCUT2D eigenvalue weighted by atomic mass is 15.0. The van der Waals surface area contributed by atoms with Crippen molar-refractivity contribution in [2.75, 3.05) is 0 Å². The molecule has 0 saturated heterocycles. The Morgan fingerprint density at radius 3 is 2.69 bits per heavy atom. The topological polar surface area (TPSA) is 54.7 Å². The van der Waals surface area contributed by atoms with Crippen molar-refractivity contribution in [3.8, 4) is 0 Å². The number of aromatic amines is 1. The monoisotopic (exact) mass is 219 g/mol. The van der Waals surface area contributed by atoms with Crippen molar-refractivity contribution in [2.45, 2.75) is 57.9 Å². The molecule has 3 nitrogen and oxygen atoms in total. The van der Waals surface area contributed by atoms with Gasteiger partial charge in [-0.1, -0.05) is 20.8 Å². The zero-order valence-electron chi connectivity index (χ0n) is 10.6. The van der Waals surface area contributed by atoms with Gasteiger partial charge in [0.2, 0.25) is 0 Å². The van der Waals surface area contributed by atoms with Crippen LogP contribution in [-0.2, 0) is 5.41 Å². The minimum Gasteiger partial charge on any atom is -0.344 e. The van der Waals surface area contributed by atoms with Crippen molar-refractivity contribution in [3.63, 3.8) is 0 Å². The summed E-state index contributed by atoms with van der Waals surface area (Å²) in [7, 11) is 0. The molecule has 0 aliphatic heterocycles. The van der Waals surface area contributed by atoms with Gasteiger partial charge in [-0.3, -0.25) is 0 Å². The third-order valence-corrected chi connectivity index (χ3v) is 5.28. The number of nitrogens with two attached hydrogens (primary N) is 1. The van der Waals surface area contributed by atoms with Crippen LogP contribution in [0.15, 0.2) is 0 Å². The van der Waals surface area contributed by atoms with Crippen molar-refractivity contribution >= 4 is 0 Å². The minimum absolute atomic E-state index is 0.0108. The maximum Gasteiger partial charge on any atom is 0.123 e. The maximum absolute atomic E-state index is 5.90. The van der Waals surface area contributed by atoms with E-state index >= 15 is 0 Å². The summed E-state index contributed by atoms with van der Waals surface area (Å²) in [5.41, 5.74) is 9.15. The molecule has 2 unspecified atom stereocenters. The normalized spacial score (nSPS) is 36.4.